The highest BCUT2D eigenvalue weighted by molar-refractivity contribution is 7.13. The SMILES string of the molecule is Cc1cc([Si](c2ccccc2)(c2ccccc2)C(C)(C)C)n(-c2ccccc2)n1. The minimum Gasteiger partial charge on any atom is -0.241 e. The molecule has 0 aliphatic rings. The van der Waals surface area contributed by atoms with Crippen molar-refractivity contribution in [3.63, 3.8) is 0 Å². The summed E-state index contributed by atoms with van der Waals surface area (Å²) in [5, 5.41) is 9.15. The van der Waals surface area contributed by atoms with E-state index in [1.807, 2.05) is 0 Å². The van der Waals surface area contributed by atoms with Crippen LogP contribution in [-0.2, 0) is 0 Å². The maximum atomic E-state index is 4.96. The molecule has 29 heavy (non-hydrogen) atoms. The zero-order valence-corrected chi connectivity index (χ0v) is 18.6. The average molecular weight is 397 g/mol. The molecule has 4 rings (SSSR count). The number of nitrogens with zero attached hydrogens (tertiary/aromatic N) is 2. The number of rotatable bonds is 4. The van der Waals surface area contributed by atoms with Crippen LogP contribution in [0.25, 0.3) is 5.69 Å². The summed E-state index contributed by atoms with van der Waals surface area (Å²) in [5.74, 6) is 0. The van der Waals surface area contributed by atoms with Gasteiger partial charge in [0.05, 0.1) is 11.4 Å². The van der Waals surface area contributed by atoms with Gasteiger partial charge >= 0.3 is 0 Å². The van der Waals surface area contributed by atoms with Gasteiger partial charge in [0.25, 0.3) is 0 Å². The van der Waals surface area contributed by atoms with Gasteiger partial charge in [0, 0.05) is 5.32 Å². The van der Waals surface area contributed by atoms with Gasteiger partial charge in [0.2, 0.25) is 0 Å². The average Bonchev–Trinajstić information content (AvgIpc) is 3.11. The van der Waals surface area contributed by atoms with E-state index in [-0.39, 0.29) is 5.04 Å². The van der Waals surface area contributed by atoms with E-state index in [9.17, 15) is 0 Å². The molecule has 3 heteroatoms. The Balaban J connectivity index is 2.14. The molecular formula is C26H28N2Si. The van der Waals surface area contributed by atoms with Crippen molar-refractivity contribution in [3.05, 3.63) is 103 Å². The van der Waals surface area contributed by atoms with E-state index < -0.39 is 8.07 Å². The van der Waals surface area contributed by atoms with Crippen LogP contribution in [0.15, 0.2) is 97.1 Å². The Morgan fingerprint density at radius 2 is 1.14 bits per heavy atom. The number of hydrogen-bond acceptors (Lipinski definition) is 1. The Labute approximate surface area is 174 Å². The fourth-order valence-corrected chi connectivity index (χ4v) is 10.4. The first-order chi connectivity index (χ1) is 13.9. The van der Waals surface area contributed by atoms with E-state index >= 15 is 0 Å². The molecule has 0 fully saturated rings. The van der Waals surface area contributed by atoms with Crippen LogP contribution in [0, 0.1) is 6.92 Å². The lowest BCUT2D eigenvalue weighted by Crippen LogP contribution is -2.73. The fraction of sp³-hybridized carbons (Fsp3) is 0.192. The molecule has 0 saturated carbocycles. The highest BCUT2D eigenvalue weighted by atomic mass is 28.3. The van der Waals surface area contributed by atoms with Crippen LogP contribution in [0.5, 0.6) is 0 Å². The third-order valence-corrected chi connectivity index (χ3v) is 11.5. The van der Waals surface area contributed by atoms with Gasteiger partial charge in [-0.3, -0.25) is 0 Å². The Kier molecular flexibility index (Phi) is 5.01. The standard InChI is InChI=1S/C26H28N2Si/c1-21-20-25(28(27-21)22-14-8-5-9-15-22)29(26(2,3)4,23-16-10-6-11-17-23)24-18-12-7-13-19-24/h5-20H,1-4H3. The molecule has 0 spiro atoms. The normalized spacial score (nSPS) is 12.1. The van der Waals surface area contributed by atoms with Crippen molar-refractivity contribution >= 4 is 23.8 Å². The molecule has 146 valence electrons. The third kappa shape index (κ3) is 3.26. The molecule has 0 bridgehead atoms. The second-order valence-electron chi connectivity index (χ2n) is 8.65. The number of benzene rings is 3. The molecule has 1 aromatic heterocycles. The van der Waals surface area contributed by atoms with Crippen LogP contribution in [0.3, 0.4) is 0 Å². The number of hydrogen-bond donors (Lipinski definition) is 0. The van der Waals surface area contributed by atoms with E-state index in [4.69, 9.17) is 5.10 Å². The maximum absolute atomic E-state index is 4.96. The van der Waals surface area contributed by atoms with Gasteiger partial charge in [0.1, 0.15) is 0 Å². The minimum atomic E-state index is -2.43. The second kappa shape index (κ2) is 7.49. The van der Waals surface area contributed by atoms with Crippen molar-refractivity contribution in [2.24, 2.45) is 0 Å². The van der Waals surface area contributed by atoms with Crippen LogP contribution in [-0.4, -0.2) is 17.9 Å². The summed E-state index contributed by atoms with van der Waals surface area (Å²) in [4.78, 5) is 0. The number of para-hydroxylation sites is 1. The summed E-state index contributed by atoms with van der Waals surface area (Å²) in [7, 11) is -2.43. The molecule has 0 N–H and O–H groups in total. The predicted octanol–water partition coefficient (Wildman–Crippen LogP) is 4.45. The monoisotopic (exact) mass is 396 g/mol. The first-order valence-corrected chi connectivity index (χ1v) is 12.2. The summed E-state index contributed by atoms with van der Waals surface area (Å²) in [6, 6.07) is 34.9. The van der Waals surface area contributed by atoms with Crippen molar-refractivity contribution in [2.45, 2.75) is 32.7 Å². The molecular weight excluding hydrogens is 368 g/mol. The molecule has 0 amide bonds. The molecule has 1 heterocycles. The first-order valence-electron chi connectivity index (χ1n) is 10.2. The van der Waals surface area contributed by atoms with E-state index in [0.29, 0.717) is 0 Å². The van der Waals surface area contributed by atoms with Crippen molar-refractivity contribution < 1.29 is 0 Å². The molecule has 0 unspecified atom stereocenters. The van der Waals surface area contributed by atoms with Crippen LogP contribution in [0.2, 0.25) is 5.04 Å². The highest BCUT2D eigenvalue weighted by Gasteiger charge is 2.51. The van der Waals surface area contributed by atoms with E-state index in [1.165, 1.54) is 15.7 Å². The fourth-order valence-electron chi connectivity index (χ4n) is 4.62. The van der Waals surface area contributed by atoms with Crippen LogP contribution in [0.1, 0.15) is 26.5 Å². The molecule has 2 nitrogen and oxygen atoms in total. The quantitative estimate of drug-likeness (QED) is 0.466. The van der Waals surface area contributed by atoms with Crippen molar-refractivity contribution in [2.75, 3.05) is 0 Å². The van der Waals surface area contributed by atoms with Crippen LogP contribution >= 0.6 is 0 Å². The van der Waals surface area contributed by atoms with Gasteiger partial charge in [-0.2, -0.15) is 5.10 Å². The largest absolute Gasteiger partial charge is 0.241 e. The maximum Gasteiger partial charge on any atom is 0.176 e. The summed E-state index contributed by atoms with van der Waals surface area (Å²) < 4.78 is 2.19. The lowest BCUT2D eigenvalue weighted by Gasteiger charge is -2.44. The molecule has 0 aliphatic heterocycles. The summed E-state index contributed by atoms with van der Waals surface area (Å²) in [6.45, 7) is 9.26. The Morgan fingerprint density at radius 3 is 1.59 bits per heavy atom. The van der Waals surface area contributed by atoms with E-state index in [0.717, 1.165) is 11.4 Å². The lowest BCUT2D eigenvalue weighted by atomic mass is 10.2. The third-order valence-electron chi connectivity index (χ3n) is 5.76. The van der Waals surface area contributed by atoms with Gasteiger partial charge in [0.15, 0.2) is 8.07 Å². The van der Waals surface area contributed by atoms with Gasteiger partial charge < -0.3 is 0 Å². The summed E-state index contributed by atoms with van der Waals surface area (Å²) in [5.41, 5.74) is 2.17. The molecule has 3 aromatic carbocycles. The molecule has 0 atom stereocenters. The minimum absolute atomic E-state index is 0.0364. The highest BCUT2D eigenvalue weighted by Crippen LogP contribution is 2.36. The van der Waals surface area contributed by atoms with Gasteiger partial charge in [-0.15, -0.1) is 0 Å². The molecule has 0 aliphatic carbocycles. The van der Waals surface area contributed by atoms with Crippen molar-refractivity contribution in [1.29, 1.82) is 0 Å². The van der Waals surface area contributed by atoms with Gasteiger partial charge in [-0.05, 0) is 40.5 Å². The molecule has 0 saturated heterocycles. The Bertz CT molecular complexity index is 1040. The van der Waals surface area contributed by atoms with Crippen LogP contribution < -0.4 is 15.7 Å². The number of aromatic nitrogens is 2. The Morgan fingerprint density at radius 1 is 0.690 bits per heavy atom. The van der Waals surface area contributed by atoms with Crippen molar-refractivity contribution in [3.8, 4) is 5.69 Å². The molecule has 0 radical (unpaired) electrons. The molecule has 4 aromatic rings. The topological polar surface area (TPSA) is 17.8 Å². The second-order valence-corrected chi connectivity index (χ2v) is 13.3. The zero-order chi connectivity index (χ0) is 20.5. The summed E-state index contributed by atoms with van der Waals surface area (Å²) in [6.07, 6.45) is 0. The number of aryl methyl sites for hydroxylation is 1. The zero-order valence-electron chi connectivity index (χ0n) is 17.6. The predicted molar refractivity (Wildman–Crippen MR) is 126 cm³/mol. The van der Waals surface area contributed by atoms with Gasteiger partial charge in [-0.1, -0.05) is 99.6 Å². The smallest absolute Gasteiger partial charge is 0.176 e. The lowest BCUT2D eigenvalue weighted by molar-refractivity contribution is 0.734. The van der Waals surface area contributed by atoms with Gasteiger partial charge in [-0.25, -0.2) is 4.68 Å². The van der Waals surface area contributed by atoms with E-state index in [1.54, 1.807) is 0 Å². The van der Waals surface area contributed by atoms with Crippen molar-refractivity contribution in [1.82, 2.24) is 9.78 Å². The Hall–Kier alpha value is -2.91. The van der Waals surface area contributed by atoms with Crippen LogP contribution in [0.4, 0.5) is 0 Å². The summed E-state index contributed by atoms with van der Waals surface area (Å²) >= 11 is 0. The first kappa shape index (κ1) is 19.4. The van der Waals surface area contributed by atoms with E-state index in [2.05, 4.69) is 129 Å².